The van der Waals surface area contributed by atoms with Crippen molar-refractivity contribution < 1.29 is 9.90 Å². The van der Waals surface area contributed by atoms with Crippen molar-refractivity contribution in [1.82, 2.24) is 4.90 Å². The van der Waals surface area contributed by atoms with E-state index in [0.717, 1.165) is 25.9 Å². The van der Waals surface area contributed by atoms with Gasteiger partial charge < -0.3 is 5.11 Å². The first kappa shape index (κ1) is 16.7. The van der Waals surface area contributed by atoms with Crippen molar-refractivity contribution in [2.75, 3.05) is 13.1 Å². The Morgan fingerprint density at radius 3 is 2.38 bits per heavy atom. The minimum atomic E-state index is -0.678. The summed E-state index contributed by atoms with van der Waals surface area (Å²) < 4.78 is 0. The van der Waals surface area contributed by atoms with Crippen LogP contribution >= 0.6 is 0 Å². The largest absolute Gasteiger partial charge is 0.481 e. The van der Waals surface area contributed by atoms with Crippen molar-refractivity contribution in [3.63, 3.8) is 0 Å². The number of nitrogens with zero attached hydrogens (tertiary/aromatic N) is 1. The summed E-state index contributed by atoms with van der Waals surface area (Å²) in [5.74, 6) is -0.685. The number of aliphatic carboxylic acids is 1. The molecule has 1 aliphatic rings. The van der Waals surface area contributed by atoms with Crippen LogP contribution in [0.15, 0.2) is 54.6 Å². The molecule has 0 radical (unpaired) electrons. The Hall–Kier alpha value is -2.13. The van der Waals surface area contributed by atoms with Gasteiger partial charge in [-0.1, -0.05) is 61.5 Å². The van der Waals surface area contributed by atoms with E-state index in [1.165, 1.54) is 16.7 Å². The number of aryl methyl sites for hydroxylation is 1. The molecule has 0 bridgehead atoms. The van der Waals surface area contributed by atoms with E-state index < -0.39 is 5.97 Å². The smallest absolute Gasteiger partial charge is 0.307 e. The summed E-state index contributed by atoms with van der Waals surface area (Å²) in [6, 6.07) is 19.0. The molecule has 24 heavy (non-hydrogen) atoms. The first-order valence-corrected chi connectivity index (χ1v) is 8.73. The third-order valence-electron chi connectivity index (χ3n) is 4.98. The monoisotopic (exact) mass is 323 g/mol. The molecular weight excluding hydrogens is 298 g/mol. The van der Waals surface area contributed by atoms with E-state index in [0.29, 0.717) is 6.54 Å². The summed E-state index contributed by atoms with van der Waals surface area (Å²) in [7, 11) is 0. The van der Waals surface area contributed by atoms with E-state index in [4.69, 9.17) is 0 Å². The second-order valence-corrected chi connectivity index (χ2v) is 6.74. The standard InChI is InChI=1S/C21H25NO2/c1-2-16-8-10-18(11-9-16)19-12-20(21(23)24)15-22(14-19)13-17-6-4-3-5-7-17/h3-11,19-20H,2,12-15H2,1H3,(H,23,24)/t19-,20+/m0/s1. The lowest BCUT2D eigenvalue weighted by molar-refractivity contribution is -0.144. The highest BCUT2D eigenvalue weighted by Crippen LogP contribution is 2.31. The zero-order valence-corrected chi connectivity index (χ0v) is 14.2. The van der Waals surface area contributed by atoms with E-state index in [-0.39, 0.29) is 11.8 Å². The summed E-state index contributed by atoms with van der Waals surface area (Å²) >= 11 is 0. The van der Waals surface area contributed by atoms with E-state index in [2.05, 4.69) is 48.2 Å². The molecule has 1 fully saturated rings. The highest BCUT2D eigenvalue weighted by Gasteiger charge is 2.32. The minimum Gasteiger partial charge on any atom is -0.481 e. The quantitative estimate of drug-likeness (QED) is 0.906. The zero-order valence-electron chi connectivity index (χ0n) is 14.2. The van der Waals surface area contributed by atoms with Gasteiger partial charge in [-0.05, 0) is 35.4 Å². The second kappa shape index (κ2) is 7.63. The fraction of sp³-hybridized carbons (Fsp3) is 0.381. The molecule has 0 aliphatic carbocycles. The molecule has 2 atom stereocenters. The number of hydrogen-bond acceptors (Lipinski definition) is 2. The third-order valence-corrected chi connectivity index (χ3v) is 4.98. The van der Waals surface area contributed by atoms with E-state index in [9.17, 15) is 9.90 Å². The number of carboxylic acid groups (broad SMARTS) is 1. The van der Waals surface area contributed by atoms with Crippen molar-refractivity contribution >= 4 is 5.97 Å². The van der Waals surface area contributed by atoms with Crippen LogP contribution in [0.3, 0.4) is 0 Å². The Kier molecular flexibility index (Phi) is 5.31. The molecule has 1 aliphatic heterocycles. The zero-order chi connectivity index (χ0) is 16.9. The number of rotatable bonds is 5. The SMILES string of the molecule is CCc1ccc([C@H]2C[C@@H](C(=O)O)CN(Cc3ccccc3)C2)cc1. The highest BCUT2D eigenvalue weighted by atomic mass is 16.4. The van der Waals surface area contributed by atoms with Crippen LogP contribution in [0.25, 0.3) is 0 Å². The molecule has 2 aromatic rings. The van der Waals surface area contributed by atoms with Crippen LogP contribution in [-0.2, 0) is 17.8 Å². The Balaban J connectivity index is 1.76. The van der Waals surface area contributed by atoms with Gasteiger partial charge in [-0.2, -0.15) is 0 Å². The van der Waals surface area contributed by atoms with E-state index in [1.807, 2.05) is 18.2 Å². The van der Waals surface area contributed by atoms with Gasteiger partial charge in [-0.3, -0.25) is 9.69 Å². The molecule has 2 aromatic carbocycles. The summed E-state index contributed by atoms with van der Waals surface area (Å²) in [6.07, 6.45) is 1.76. The molecule has 0 amide bonds. The second-order valence-electron chi connectivity index (χ2n) is 6.74. The van der Waals surface area contributed by atoms with Crippen molar-refractivity contribution in [1.29, 1.82) is 0 Å². The van der Waals surface area contributed by atoms with Gasteiger partial charge in [0.15, 0.2) is 0 Å². The van der Waals surface area contributed by atoms with Crippen molar-refractivity contribution in [3.8, 4) is 0 Å². The lowest BCUT2D eigenvalue weighted by Crippen LogP contribution is -2.41. The molecule has 1 saturated heterocycles. The summed E-state index contributed by atoms with van der Waals surface area (Å²) in [5.41, 5.74) is 3.82. The highest BCUT2D eigenvalue weighted by molar-refractivity contribution is 5.70. The number of likely N-dealkylation sites (tertiary alicyclic amines) is 1. The first-order chi connectivity index (χ1) is 11.7. The Bertz CT molecular complexity index is 666. The number of carboxylic acids is 1. The number of piperidine rings is 1. The van der Waals surface area contributed by atoms with E-state index >= 15 is 0 Å². The van der Waals surface area contributed by atoms with Crippen LogP contribution < -0.4 is 0 Å². The molecule has 3 nitrogen and oxygen atoms in total. The van der Waals surface area contributed by atoms with Gasteiger partial charge in [-0.25, -0.2) is 0 Å². The Labute approximate surface area is 143 Å². The summed E-state index contributed by atoms with van der Waals surface area (Å²) in [6.45, 7) is 4.52. The fourth-order valence-electron chi connectivity index (χ4n) is 3.61. The number of carbonyl (C=O) groups is 1. The van der Waals surface area contributed by atoms with Crippen LogP contribution in [0.1, 0.15) is 36.0 Å². The van der Waals surface area contributed by atoms with Crippen molar-refractivity contribution in [3.05, 3.63) is 71.3 Å². The predicted molar refractivity (Wildman–Crippen MR) is 96.0 cm³/mol. The maximum Gasteiger partial charge on any atom is 0.307 e. The van der Waals surface area contributed by atoms with Gasteiger partial charge in [0, 0.05) is 19.6 Å². The molecule has 0 spiro atoms. The van der Waals surface area contributed by atoms with Crippen LogP contribution in [0.4, 0.5) is 0 Å². The first-order valence-electron chi connectivity index (χ1n) is 8.73. The number of hydrogen-bond donors (Lipinski definition) is 1. The lowest BCUT2D eigenvalue weighted by Gasteiger charge is -2.36. The van der Waals surface area contributed by atoms with Crippen LogP contribution in [-0.4, -0.2) is 29.1 Å². The van der Waals surface area contributed by atoms with Gasteiger partial charge in [0.1, 0.15) is 0 Å². The average molecular weight is 323 g/mol. The molecule has 0 unspecified atom stereocenters. The molecular formula is C21H25NO2. The third kappa shape index (κ3) is 4.04. The molecule has 0 saturated carbocycles. The topological polar surface area (TPSA) is 40.5 Å². The Morgan fingerprint density at radius 2 is 1.75 bits per heavy atom. The maximum absolute atomic E-state index is 11.6. The summed E-state index contributed by atoms with van der Waals surface area (Å²) in [5, 5.41) is 9.54. The minimum absolute atomic E-state index is 0.287. The fourth-order valence-corrected chi connectivity index (χ4v) is 3.61. The van der Waals surface area contributed by atoms with Gasteiger partial charge >= 0.3 is 5.97 Å². The van der Waals surface area contributed by atoms with Crippen molar-refractivity contribution in [2.45, 2.75) is 32.2 Å². The van der Waals surface area contributed by atoms with Crippen LogP contribution in [0.2, 0.25) is 0 Å². The molecule has 126 valence electrons. The van der Waals surface area contributed by atoms with Gasteiger partial charge in [0.05, 0.1) is 5.92 Å². The predicted octanol–water partition coefficient (Wildman–Crippen LogP) is 3.94. The number of benzene rings is 2. The molecule has 1 N–H and O–H groups in total. The van der Waals surface area contributed by atoms with Gasteiger partial charge in [0.25, 0.3) is 0 Å². The Morgan fingerprint density at radius 1 is 1.04 bits per heavy atom. The van der Waals surface area contributed by atoms with Gasteiger partial charge in [-0.15, -0.1) is 0 Å². The van der Waals surface area contributed by atoms with Crippen LogP contribution in [0, 0.1) is 5.92 Å². The summed E-state index contributed by atoms with van der Waals surface area (Å²) in [4.78, 5) is 13.9. The average Bonchev–Trinajstić information content (AvgIpc) is 2.62. The lowest BCUT2D eigenvalue weighted by atomic mass is 9.84. The maximum atomic E-state index is 11.6. The van der Waals surface area contributed by atoms with Crippen molar-refractivity contribution in [2.24, 2.45) is 5.92 Å². The van der Waals surface area contributed by atoms with E-state index in [1.54, 1.807) is 0 Å². The normalized spacial score (nSPS) is 21.5. The molecule has 3 rings (SSSR count). The molecule has 0 aromatic heterocycles. The molecule has 3 heteroatoms. The van der Waals surface area contributed by atoms with Gasteiger partial charge in [0.2, 0.25) is 0 Å². The molecule has 1 heterocycles. The van der Waals surface area contributed by atoms with Crippen LogP contribution in [0.5, 0.6) is 0 Å².